The number of halogens is 3. The average molecular weight is 360 g/mol. The van der Waals surface area contributed by atoms with E-state index in [0.717, 1.165) is 4.47 Å². The molecule has 0 aliphatic rings. The van der Waals surface area contributed by atoms with Gasteiger partial charge in [0.15, 0.2) is 0 Å². The molecule has 1 N–H and O–H groups in total. The van der Waals surface area contributed by atoms with Crippen LogP contribution in [0.1, 0.15) is 5.56 Å². The number of benzene rings is 2. The van der Waals surface area contributed by atoms with Gasteiger partial charge in [-0.15, -0.1) is 0 Å². The number of nitro benzene ring substituents is 1. The van der Waals surface area contributed by atoms with Gasteiger partial charge in [0, 0.05) is 28.7 Å². The van der Waals surface area contributed by atoms with Crippen molar-refractivity contribution in [3.05, 3.63) is 67.4 Å². The minimum absolute atomic E-state index is 0.0887. The third kappa shape index (κ3) is 3.46. The van der Waals surface area contributed by atoms with Crippen molar-refractivity contribution >= 4 is 38.9 Å². The Morgan fingerprint density at radius 1 is 1.30 bits per heavy atom. The molecule has 104 valence electrons. The smallest absolute Gasteiger partial charge is 0.271 e. The normalized spacial score (nSPS) is 10.3. The van der Waals surface area contributed by atoms with Crippen LogP contribution in [0.3, 0.4) is 0 Å². The first-order valence-corrected chi connectivity index (χ1v) is 6.76. The first-order valence-electron chi connectivity index (χ1n) is 5.59. The van der Waals surface area contributed by atoms with E-state index in [-0.39, 0.29) is 23.1 Å². The van der Waals surface area contributed by atoms with Gasteiger partial charge in [-0.05, 0) is 24.3 Å². The van der Waals surface area contributed by atoms with E-state index >= 15 is 0 Å². The molecular formula is C13H9BrClFN2O2. The van der Waals surface area contributed by atoms with E-state index in [1.54, 1.807) is 12.1 Å². The zero-order valence-electron chi connectivity index (χ0n) is 10.1. The number of rotatable bonds is 4. The molecule has 2 aromatic carbocycles. The van der Waals surface area contributed by atoms with E-state index in [9.17, 15) is 14.5 Å². The number of hydrogen-bond donors (Lipinski definition) is 1. The standard InChI is InChI=1S/C13H9BrClFN2O2/c14-9-1-3-12(16)8(5-9)7-17-13-4-2-10(18(19)20)6-11(13)15/h1-6,17H,7H2. The predicted molar refractivity (Wildman–Crippen MR) is 79.5 cm³/mol. The molecule has 0 atom stereocenters. The Labute approximate surface area is 127 Å². The van der Waals surface area contributed by atoms with Gasteiger partial charge >= 0.3 is 0 Å². The van der Waals surface area contributed by atoms with Crippen molar-refractivity contribution < 1.29 is 9.31 Å². The summed E-state index contributed by atoms with van der Waals surface area (Å²) in [7, 11) is 0. The lowest BCUT2D eigenvalue weighted by molar-refractivity contribution is -0.384. The maximum Gasteiger partial charge on any atom is 0.271 e. The molecule has 4 nitrogen and oxygen atoms in total. The van der Waals surface area contributed by atoms with Gasteiger partial charge in [0.25, 0.3) is 5.69 Å². The highest BCUT2D eigenvalue weighted by Gasteiger charge is 2.10. The van der Waals surface area contributed by atoms with Crippen LogP contribution in [-0.4, -0.2) is 4.92 Å². The van der Waals surface area contributed by atoms with Crippen molar-refractivity contribution in [3.63, 3.8) is 0 Å². The summed E-state index contributed by atoms with van der Waals surface area (Å²) < 4.78 is 14.3. The Hall–Kier alpha value is -1.66. The van der Waals surface area contributed by atoms with Crippen molar-refractivity contribution in [2.45, 2.75) is 6.54 Å². The zero-order valence-corrected chi connectivity index (χ0v) is 12.4. The second-order valence-electron chi connectivity index (χ2n) is 4.01. The third-order valence-electron chi connectivity index (χ3n) is 2.64. The van der Waals surface area contributed by atoms with Crippen LogP contribution in [0.5, 0.6) is 0 Å². The van der Waals surface area contributed by atoms with Gasteiger partial charge in [-0.1, -0.05) is 27.5 Å². The van der Waals surface area contributed by atoms with Crippen molar-refractivity contribution in [2.75, 3.05) is 5.32 Å². The Bertz CT molecular complexity index is 667. The van der Waals surface area contributed by atoms with Gasteiger partial charge in [-0.25, -0.2) is 4.39 Å². The molecule has 0 saturated carbocycles. The monoisotopic (exact) mass is 358 g/mol. The summed E-state index contributed by atoms with van der Waals surface area (Å²) in [6.07, 6.45) is 0. The average Bonchev–Trinajstić information content (AvgIpc) is 2.40. The maximum atomic E-state index is 13.6. The summed E-state index contributed by atoms with van der Waals surface area (Å²) >= 11 is 9.21. The van der Waals surface area contributed by atoms with E-state index < -0.39 is 4.92 Å². The number of hydrogen-bond acceptors (Lipinski definition) is 3. The van der Waals surface area contributed by atoms with E-state index in [1.807, 2.05) is 0 Å². The molecule has 20 heavy (non-hydrogen) atoms. The third-order valence-corrected chi connectivity index (χ3v) is 3.45. The molecule has 0 saturated heterocycles. The van der Waals surface area contributed by atoms with Gasteiger partial charge in [0.2, 0.25) is 0 Å². The van der Waals surface area contributed by atoms with Crippen LogP contribution < -0.4 is 5.32 Å². The Morgan fingerprint density at radius 2 is 2.05 bits per heavy atom. The molecule has 2 rings (SSSR count). The number of nitro groups is 1. The predicted octanol–water partition coefficient (Wildman–Crippen LogP) is 4.76. The van der Waals surface area contributed by atoms with Crippen LogP contribution in [0.25, 0.3) is 0 Å². The number of nitrogens with zero attached hydrogens (tertiary/aromatic N) is 1. The molecule has 0 amide bonds. The van der Waals surface area contributed by atoms with Crippen molar-refractivity contribution in [3.8, 4) is 0 Å². The molecule has 0 radical (unpaired) electrons. The molecule has 0 aliphatic carbocycles. The fourth-order valence-electron chi connectivity index (χ4n) is 1.63. The first-order chi connectivity index (χ1) is 9.47. The molecule has 0 spiro atoms. The topological polar surface area (TPSA) is 55.2 Å². The SMILES string of the molecule is O=[N+]([O-])c1ccc(NCc2cc(Br)ccc2F)c(Cl)c1. The first kappa shape index (κ1) is 14.7. The molecule has 0 aromatic heterocycles. The van der Waals surface area contributed by atoms with Crippen molar-refractivity contribution in [1.82, 2.24) is 0 Å². The van der Waals surface area contributed by atoms with Crippen LogP contribution in [0, 0.1) is 15.9 Å². The van der Waals surface area contributed by atoms with Crippen molar-refractivity contribution in [2.24, 2.45) is 0 Å². The summed E-state index contributed by atoms with van der Waals surface area (Å²) in [5.74, 6) is -0.335. The molecular weight excluding hydrogens is 351 g/mol. The van der Waals surface area contributed by atoms with E-state index in [4.69, 9.17) is 11.6 Å². The van der Waals surface area contributed by atoms with Gasteiger partial charge in [0.1, 0.15) is 5.82 Å². The van der Waals surface area contributed by atoms with Gasteiger partial charge in [0.05, 0.1) is 15.6 Å². The molecule has 0 fully saturated rings. The lowest BCUT2D eigenvalue weighted by atomic mass is 10.2. The Kier molecular flexibility index (Phi) is 4.57. The fourth-order valence-corrected chi connectivity index (χ4v) is 2.28. The number of non-ortho nitro benzene ring substituents is 1. The molecule has 2 aromatic rings. The quantitative estimate of drug-likeness (QED) is 0.632. The summed E-state index contributed by atoms with van der Waals surface area (Å²) in [5.41, 5.74) is 0.889. The molecule has 0 unspecified atom stereocenters. The van der Waals surface area contributed by atoms with Crippen LogP contribution in [0.4, 0.5) is 15.8 Å². The lowest BCUT2D eigenvalue weighted by Gasteiger charge is -2.09. The summed E-state index contributed by atoms with van der Waals surface area (Å²) in [4.78, 5) is 10.1. The zero-order chi connectivity index (χ0) is 14.7. The van der Waals surface area contributed by atoms with E-state index in [0.29, 0.717) is 11.3 Å². The van der Waals surface area contributed by atoms with Gasteiger partial charge in [-0.2, -0.15) is 0 Å². The lowest BCUT2D eigenvalue weighted by Crippen LogP contribution is -2.02. The maximum absolute atomic E-state index is 13.6. The molecule has 0 heterocycles. The van der Waals surface area contributed by atoms with Gasteiger partial charge < -0.3 is 5.32 Å². The summed E-state index contributed by atoms with van der Waals surface area (Å²) in [5, 5.41) is 13.8. The highest BCUT2D eigenvalue weighted by atomic mass is 79.9. The fraction of sp³-hybridized carbons (Fsp3) is 0.0769. The minimum Gasteiger partial charge on any atom is -0.380 e. The van der Waals surface area contributed by atoms with E-state index in [2.05, 4.69) is 21.2 Å². The second-order valence-corrected chi connectivity index (χ2v) is 5.33. The number of nitrogens with one attached hydrogen (secondary N) is 1. The summed E-state index contributed by atoms with van der Waals surface area (Å²) in [6, 6.07) is 8.71. The largest absolute Gasteiger partial charge is 0.380 e. The van der Waals surface area contributed by atoms with Crippen LogP contribution in [0.2, 0.25) is 5.02 Å². The van der Waals surface area contributed by atoms with Gasteiger partial charge in [-0.3, -0.25) is 10.1 Å². The number of anilines is 1. The molecule has 0 bridgehead atoms. The Morgan fingerprint density at radius 3 is 2.70 bits per heavy atom. The molecule has 7 heteroatoms. The van der Waals surface area contributed by atoms with Crippen molar-refractivity contribution in [1.29, 1.82) is 0 Å². The minimum atomic E-state index is -0.524. The highest BCUT2D eigenvalue weighted by molar-refractivity contribution is 9.10. The van der Waals surface area contributed by atoms with Crippen LogP contribution in [0.15, 0.2) is 40.9 Å². The highest BCUT2D eigenvalue weighted by Crippen LogP contribution is 2.27. The summed E-state index contributed by atoms with van der Waals surface area (Å²) in [6.45, 7) is 0.225. The van der Waals surface area contributed by atoms with Crippen LogP contribution in [-0.2, 0) is 6.54 Å². The Balaban J connectivity index is 2.15. The van der Waals surface area contributed by atoms with Crippen LogP contribution >= 0.6 is 27.5 Å². The van der Waals surface area contributed by atoms with E-state index in [1.165, 1.54) is 24.3 Å². The second kappa shape index (κ2) is 6.19. The molecule has 0 aliphatic heterocycles.